The first-order chi connectivity index (χ1) is 7.63. The quantitative estimate of drug-likeness (QED) is 0.373. The van der Waals surface area contributed by atoms with Gasteiger partial charge >= 0.3 is 5.97 Å². The topological polar surface area (TPSA) is 65.0 Å². The van der Waals surface area contributed by atoms with Gasteiger partial charge < -0.3 is 19.3 Å². The molecule has 0 saturated carbocycles. The molecule has 5 heteroatoms. The van der Waals surface area contributed by atoms with Gasteiger partial charge in [-0.3, -0.25) is 0 Å². The summed E-state index contributed by atoms with van der Waals surface area (Å²) in [6.45, 7) is 6.95. The standard InChI is InChI=1S/C11H20O5/c1-4-14-9(7-10(12)13)8-11(15-5-2)16-6-3/h7,11H,4-6,8H2,1-3H3,(H,12,13)/b9-7-. The van der Waals surface area contributed by atoms with E-state index in [0.717, 1.165) is 6.08 Å². The van der Waals surface area contributed by atoms with Crippen LogP contribution in [-0.2, 0) is 19.0 Å². The fourth-order valence-electron chi connectivity index (χ4n) is 1.18. The second-order valence-corrected chi connectivity index (χ2v) is 2.93. The molecule has 0 heterocycles. The zero-order valence-electron chi connectivity index (χ0n) is 10.1. The van der Waals surface area contributed by atoms with E-state index in [-0.39, 0.29) is 0 Å². The van der Waals surface area contributed by atoms with Gasteiger partial charge in [0.05, 0.1) is 19.1 Å². The molecular formula is C11H20O5. The summed E-state index contributed by atoms with van der Waals surface area (Å²) < 4.78 is 15.8. The van der Waals surface area contributed by atoms with Gasteiger partial charge in [-0.15, -0.1) is 0 Å². The number of carboxylic acids is 1. The lowest BCUT2D eigenvalue weighted by molar-refractivity contribution is -0.139. The molecule has 0 fully saturated rings. The minimum Gasteiger partial charge on any atom is -0.498 e. The minimum absolute atomic E-state index is 0.307. The van der Waals surface area contributed by atoms with E-state index in [2.05, 4.69) is 0 Å². The summed E-state index contributed by atoms with van der Waals surface area (Å²) in [7, 11) is 0. The average Bonchev–Trinajstić information content (AvgIpc) is 2.17. The molecule has 0 amide bonds. The number of hydrogen-bond donors (Lipinski definition) is 1. The molecule has 0 atom stereocenters. The third-order valence-electron chi connectivity index (χ3n) is 1.69. The number of carboxylic acid groups (broad SMARTS) is 1. The maximum atomic E-state index is 10.5. The highest BCUT2D eigenvalue weighted by molar-refractivity contribution is 5.80. The van der Waals surface area contributed by atoms with Crippen molar-refractivity contribution in [3.8, 4) is 0 Å². The Labute approximate surface area is 96.0 Å². The molecule has 94 valence electrons. The Kier molecular flexibility index (Phi) is 8.56. The van der Waals surface area contributed by atoms with Gasteiger partial charge in [-0.1, -0.05) is 0 Å². The van der Waals surface area contributed by atoms with Crippen LogP contribution in [0.3, 0.4) is 0 Å². The van der Waals surface area contributed by atoms with Crippen molar-refractivity contribution < 1.29 is 24.1 Å². The van der Waals surface area contributed by atoms with E-state index >= 15 is 0 Å². The third-order valence-corrected chi connectivity index (χ3v) is 1.69. The van der Waals surface area contributed by atoms with E-state index in [4.69, 9.17) is 19.3 Å². The van der Waals surface area contributed by atoms with Gasteiger partial charge in [0.25, 0.3) is 0 Å². The molecule has 0 aliphatic carbocycles. The first-order valence-corrected chi connectivity index (χ1v) is 5.43. The highest BCUT2D eigenvalue weighted by Crippen LogP contribution is 2.11. The summed E-state index contributed by atoms with van der Waals surface area (Å²) >= 11 is 0. The van der Waals surface area contributed by atoms with E-state index in [1.165, 1.54) is 0 Å². The Bertz CT molecular complexity index is 218. The van der Waals surface area contributed by atoms with Crippen molar-refractivity contribution in [3.05, 3.63) is 11.8 Å². The number of carbonyl (C=O) groups is 1. The van der Waals surface area contributed by atoms with E-state index in [1.54, 1.807) is 6.92 Å². The van der Waals surface area contributed by atoms with E-state index in [0.29, 0.717) is 32.0 Å². The summed E-state index contributed by atoms with van der Waals surface area (Å²) in [6.07, 6.45) is 0.892. The van der Waals surface area contributed by atoms with Gasteiger partial charge in [0.1, 0.15) is 5.76 Å². The van der Waals surface area contributed by atoms with Gasteiger partial charge in [-0.05, 0) is 20.8 Å². The van der Waals surface area contributed by atoms with Crippen LogP contribution in [0.15, 0.2) is 11.8 Å². The summed E-state index contributed by atoms with van der Waals surface area (Å²) in [5.41, 5.74) is 0. The molecule has 0 aliphatic heterocycles. The molecule has 0 spiro atoms. The minimum atomic E-state index is -1.03. The summed E-state index contributed by atoms with van der Waals surface area (Å²) in [5.74, 6) is -0.669. The lowest BCUT2D eigenvalue weighted by Gasteiger charge is -2.18. The van der Waals surface area contributed by atoms with E-state index in [9.17, 15) is 4.79 Å². The van der Waals surface area contributed by atoms with Crippen LogP contribution in [0.5, 0.6) is 0 Å². The third kappa shape index (κ3) is 7.25. The van der Waals surface area contributed by atoms with Crippen molar-refractivity contribution >= 4 is 5.97 Å². The highest BCUT2D eigenvalue weighted by atomic mass is 16.7. The van der Waals surface area contributed by atoms with Gasteiger partial charge in [0.2, 0.25) is 0 Å². The molecule has 0 saturated heterocycles. The summed E-state index contributed by atoms with van der Waals surface area (Å²) in [6, 6.07) is 0. The van der Waals surface area contributed by atoms with Crippen LogP contribution >= 0.6 is 0 Å². The molecule has 0 radical (unpaired) electrons. The molecule has 1 N–H and O–H groups in total. The van der Waals surface area contributed by atoms with Crippen LogP contribution in [0, 0.1) is 0 Å². The molecule has 5 nitrogen and oxygen atoms in total. The smallest absolute Gasteiger partial charge is 0.331 e. The van der Waals surface area contributed by atoms with Gasteiger partial charge in [0, 0.05) is 13.2 Å². The largest absolute Gasteiger partial charge is 0.498 e. The zero-order valence-corrected chi connectivity index (χ0v) is 10.1. The van der Waals surface area contributed by atoms with Crippen LogP contribution in [-0.4, -0.2) is 37.2 Å². The van der Waals surface area contributed by atoms with Crippen LogP contribution in [0.2, 0.25) is 0 Å². The number of aliphatic carboxylic acids is 1. The first kappa shape index (κ1) is 14.9. The predicted octanol–water partition coefficient (Wildman–Crippen LogP) is 1.78. The second kappa shape index (κ2) is 9.18. The summed E-state index contributed by atoms with van der Waals surface area (Å²) in [4.78, 5) is 10.5. The van der Waals surface area contributed by atoms with Crippen LogP contribution < -0.4 is 0 Å². The van der Waals surface area contributed by atoms with Crippen molar-refractivity contribution in [1.29, 1.82) is 0 Å². The second-order valence-electron chi connectivity index (χ2n) is 2.93. The molecule has 0 bridgehead atoms. The summed E-state index contributed by atoms with van der Waals surface area (Å²) in [5, 5.41) is 8.65. The van der Waals surface area contributed by atoms with Crippen molar-refractivity contribution in [2.24, 2.45) is 0 Å². The molecular weight excluding hydrogens is 212 g/mol. The van der Waals surface area contributed by atoms with Gasteiger partial charge in [0.15, 0.2) is 6.29 Å². The maximum absolute atomic E-state index is 10.5. The number of hydrogen-bond acceptors (Lipinski definition) is 4. The molecule has 0 unspecified atom stereocenters. The normalized spacial score (nSPS) is 11.9. The van der Waals surface area contributed by atoms with Crippen molar-refractivity contribution in [3.63, 3.8) is 0 Å². The first-order valence-electron chi connectivity index (χ1n) is 5.43. The van der Waals surface area contributed by atoms with Crippen molar-refractivity contribution in [2.75, 3.05) is 19.8 Å². The Balaban J connectivity index is 4.37. The van der Waals surface area contributed by atoms with Crippen molar-refractivity contribution in [1.82, 2.24) is 0 Å². The monoisotopic (exact) mass is 232 g/mol. The van der Waals surface area contributed by atoms with Crippen LogP contribution in [0.25, 0.3) is 0 Å². The highest BCUT2D eigenvalue weighted by Gasteiger charge is 2.13. The molecule has 0 aliphatic rings. The zero-order chi connectivity index (χ0) is 12.4. The van der Waals surface area contributed by atoms with E-state index in [1.807, 2.05) is 13.8 Å². The predicted molar refractivity (Wildman–Crippen MR) is 59.0 cm³/mol. The Morgan fingerprint density at radius 1 is 1.19 bits per heavy atom. The van der Waals surface area contributed by atoms with Crippen molar-refractivity contribution in [2.45, 2.75) is 33.5 Å². The fraction of sp³-hybridized carbons (Fsp3) is 0.727. The Morgan fingerprint density at radius 2 is 1.75 bits per heavy atom. The molecule has 0 aromatic heterocycles. The van der Waals surface area contributed by atoms with E-state index < -0.39 is 12.3 Å². The maximum Gasteiger partial charge on any atom is 0.331 e. The fourth-order valence-corrected chi connectivity index (χ4v) is 1.18. The SMILES string of the molecule is CCO/C(=C\C(=O)O)CC(OCC)OCC. The Hall–Kier alpha value is -1.07. The molecule has 0 aromatic rings. The number of ether oxygens (including phenoxy) is 3. The van der Waals surface area contributed by atoms with Crippen LogP contribution in [0.1, 0.15) is 27.2 Å². The van der Waals surface area contributed by atoms with Gasteiger partial charge in [-0.25, -0.2) is 4.79 Å². The lowest BCUT2D eigenvalue weighted by Crippen LogP contribution is -2.19. The molecule has 0 rings (SSSR count). The lowest BCUT2D eigenvalue weighted by atomic mass is 10.3. The Morgan fingerprint density at radius 3 is 2.12 bits per heavy atom. The van der Waals surface area contributed by atoms with Crippen LogP contribution in [0.4, 0.5) is 0 Å². The average molecular weight is 232 g/mol. The number of rotatable bonds is 9. The molecule has 16 heavy (non-hydrogen) atoms. The van der Waals surface area contributed by atoms with Gasteiger partial charge in [-0.2, -0.15) is 0 Å². The molecule has 0 aromatic carbocycles.